The molecule has 1 saturated carbocycles. The minimum absolute atomic E-state index is 0.0652. The van der Waals surface area contributed by atoms with Crippen LogP contribution in [0.1, 0.15) is 38.7 Å². The van der Waals surface area contributed by atoms with Gasteiger partial charge in [-0.1, -0.05) is 19.9 Å². The molecule has 0 radical (unpaired) electrons. The monoisotopic (exact) mass is 312 g/mol. The molecule has 18 heavy (non-hydrogen) atoms. The second kappa shape index (κ2) is 5.22. The summed E-state index contributed by atoms with van der Waals surface area (Å²) in [5, 5.41) is 10.0. The van der Waals surface area contributed by atoms with Crippen LogP contribution in [-0.2, 0) is 0 Å². The van der Waals surface area contributed by atoms with Crippen molar-refractivity contribution in [1.29, 1.82) is 0 Å². The molecule has 1 aromatic carbocycles. The topological polar surface area (TPSA) is 29.5 Å². The van der Waals surface area contributed by atoms with Crippen molar-refractivity contribution in [1.82, 2.24) is 0 Å². The number of rotatable bonds is 4. The highest BCUT2D eigenvalue weighted by molar-refractivity contribution is 9.10. The summed E-state index contributed by atoms with van der Waals surface area (Å²) < 4.78 is 7.09. The van der Waals surface area contributed by atoms with Crippen molar-refractivity contribution >= 4 is 15.9 Å². The Balaban J connectivity index is 2.15. The van der Waals surface area contributed by atoms with E-state index in [2.05, 4.69) is 48.8 Å². The van der Waals surface area contributed by atoms with Gasteiger partial charge >= 0.3 is 0 Å². The molecule has 2 nitrogen and oxygen atoms in total. The largest absolute Gasteiger partial charge is 0.488 e. The Morgan fingerprint density at radius 2 is 2.06 bits per heavy atom. The Bertz CT molecular complexity index is 427. The zero-order valence-corrected chi connectivity index (χ0v) is 12.8. The molecule has 0 spiro atoms. The van der Waals surface area contributed by atoms with Crippen molar-refractivity contribution in [3.05, 3.63) is 28.2 Å². The van der Waals surface area contributed by atoms with Crippen LogP contribution in [0.3, 0.4) is 0 Å². The van der Waals surface area contributed by atoms with E-state index >= 15 is 0 Å². The fraction of sp³-hybridized carbons (Fsp3) is 0.600. The average Bonchev–Trinajstić information content (AvgIpc) is 2.33. The molecule has 1 aliphatic carbocycles. The van der Waals surface area contributed by atoms with Gasteiger partial charge in [0, 0.05) is 11.8 Å². The van der Waals surface area contributed by atoms with E-state index in [9.17, 15) is 5.11 Å². The second-order valence-electron chi connectivity index (χ2n) is 5.23. The molecule has 0 heterocycles. The molecular weight excluding hydrogens is 292 g/mol. The fourth-order valence-electron chi connectivity index (χ4n) is 2.92. The van der Waals surface area contributed by atoms with E-state index in [0.717, 1.165) is 29.5 Å². The van der Waals surface area contributed by atoms with E-state index in [4.69, 9.17) is 4.74 Å². The molecule has 2 rings (SSSR count). The normalized spacial score (nSPS) is 25.6. The van der Waals surface area contributed by atoms with E-state index < -0.39 is 0 Å². The van der Waals surface area contributed by atoms with Crippen LogP contribution in [0.4, 0.5) is 0 Å². The Morgan fingerprint density at radius 1 is 1.39 bits per heavy atom. The van der Waals surface area contributed by atoms with E-state index in [1.807, 2.05) is 6.07 Å². The van der Waals surface area contributed by atoms with Crippen molar-refractivity contribution < 1.29 is 9.84 Å². The van der Waals surface area contributed by atoms with Crippen LogP contribution in [0.15, 0.2) is 22.7 Å². The Labute approximate surface area is 117 Å². The second-order valence-corrected chi connectivity index (χ2v) is 6.09. The van der Waals surface area contributed by atoms with Crippen molar-refractivity contribution in [2.45, 2.75) is 52.2 Å². The summed E-state index contributed by atoms with van der Waals surface area (Å²) >= 11 is 3.54. The number of hydrogen-bond donors (Lipinski definition) is 1. The summed E-state index contributed by atoms with van der Waals surface area (Å²) in [6, 6.07) is 6.11. The number of halogens is 1. The van der Waals surface area contributed by atoms with Gasteiger partial charge in [-0.15, -0.1) is 0 Å². The molecule has 0 bridgehead atoms. The highest BCUT2D eigenvalue weighted by Crippen LogP contribution is 2.49. The van der Waals surface area contributed by atoms with Gasteiger partial charge in [-0.25, -0.2) is 0 Å². The number of aryl methyl sites for hydroxylation is 1. The molecule has 100 valence electrons. The molecular formula is C15H21BrO2. The van der Waals surface area contributed by atoms with Gasteiger partial charge in [0.25, 0.3) is 0 Å². The van der Waals surface area contributed by atoms with Crippen LogP contribution in [-0.4, -0.2) is 17.3 Å². The molecule has 1 N–H and O–H groups in total. The van der Waals surface area contributed by atoms with E-state index in [1.54, 1.807) is 0 Å². The summed E-state index contributed by atoms with van der Waals surface area (Å²) in [6.45, 7) is 6.32. The summed E-state index contributed by atoms with van der Waals surface area (Å²) in [7, 11) is 0. The summed E-state index contributed by atoms with van der Waals surface area (Å²) in [5.41, 5.74) is 1.14. The van der Waals surface area contributed by atoms with Gasteiger partial charge < -0.3 is 9.84 Å². The lowest BCUT2D eigenvalue weighted by Crippen LogP contribution is -2.59. The fourth-order valence-corrected chi connectivity index (χ4v) is 3.51. The predicted molar refractivity (Wildman–Crippen MR) is 76.9 cm³/mol. The first-order valence-corrected chi connectivity index (χ1v) is 7.43. The van der Waals surface area contributed by atoms with Crippen LogP contribution in [0.5, 0.6) is 5.75 Å². The van der Waals surface area contributed by atoms with Crippen LogP contribution in [0, 0.1) is 12.3 Å². The Morgan fingerprint density at radius 3 is 2.56 bits per heavy atom. The maximum absolute atomic E-state index is 10.0. The lowest BCUT2D eigenvalue weighted by atomic mass is 9.60. The first-order valence-electron chi connectivity index (χ1n) is 6.64. The lowest BCUT2D eigenvalue weighted by Gasteiger charge is -2.52. The van der Waals surface area contributed by atoms with Crippen molar-refractivity contribution in [3.8, 4) is 5.75 Å². The van der Waals surface area contributed by atoms with Gasteiger partial charge in [0.2, 0.25) is 0 Å². The highest BCUT2D eigenvalue weighted by atomic mass is 79.9. The molecule has 0 aliphatic heterocycles. The average molecular weight is 313 g/mol. The molecule has 1 aromatic rings. The first kappa shape index (κ1) is 13.9. The first-order chi connectivity index (χ1) is 8.53. The molecule has 3 heteroatoms. The van der Waals surface area contributed by atoms with E-state index in [1.165, 1.54) is 5.56 Å². The number of ether oxygens (including phenoxy) is 1. The van der Waals surface area contributed by atoms with Crippen molar-refractivity contribution in [2.75, 3.05) is 0 Å². The molecule has 1 aliphatic rings. The standard InChI is InChI=1S/C15H21BrO2/c1-4-15(5-2)13(17)9-14(15)18-12-7-6-10(3)8-11(12)16/h6-8,13-14,17H,4-5,9H2,1-3H3. The van der Waals surface area contributed by atoms with E-state index in [-0.39, 0.29) is 17.6 Å². The van der Waals surface area contributed by atoms with E-state index in [0.29, 0.717) is 0 Å². The maximum atomic E-state index is 10.0. The van der Waals surface area contributed by atoms with Gasteiger partial charge in [0.15, 0.2) is 0 Å². The third-order valence-corrected chi connectivity index (χ3v) is 5.04. The molecule has 1 fully saturated rings. The smallest absolute Gasteiger partial charge is 0.133 e. The molecule has 0 aromatic heterocycles. The minimum Gasteiger partial charge on any atom is -0.488 e. The summed E-state index contributed by atoms with van der Waals surface area (Å²) in [4.78, 5) is 0. The predicted octanol–water partition coefficient (Wildman–Crippen LogP) is 4.08. The number of aliphatic hydroxyl groups is 1. The van der Waals surface area contributed by atoms with Gasteiger partial charge in [-0.05, 0) is 53.4 Å². The lowest BCUT2D eigenvalue weighted by molar-refractivity contribution is -0.159. The third-order valence-electron chi connectivity index (χ3n) is 4.42. The van der Waals surface area contributed by atoms with Crippen LogP contribution >= 0.6 is 15.9 Å². The third kappa shape index (κ3) is 2.19. The molecule has 0 saturated heterocycles. The molecule has 2 atom stereocenters. The molecule has 0 amide bonds. The summed E-state index contributed by atoms with van der Waals surface area (Å²) in [5.74, 6) is 0.878. The summed E-state index contributed by atoms with van der Waals surface area (Å²) in [6.07, 6.45) is 2.56. The van der Waals surface area contributed by atoms with Gasteiger partial charge in [0.05, 0.1) is 10.6 Å². The maximum Gasteiger partial charge on any atom is 0.133 e. The highest BCUT2D eigenvalue weighted by Gasteiger charge is 2.53. The zero-order valence-electron chi connectivity index (χ0n) is 11.2. The van der Waals surface area contributed by atoms with Gasteiger partial charge in [-0.2, -0.15) is 0 Å². The van der Waals surface area contributed by atoms with Crippen molar-refractivity contribution in [2.24, 2.45) is 5.41 Å². The van der Waals surface area contributed by atoms with Crippen LogP contribution in [0.25, 0.3) is 0 Å². The number of aliphatic hydroxyl groups excluding tert-OH is 1. The van der Waals surface area contributed by atoms with Crippen molar-refractivity contribution in [3.63, 3.8) is 0 Å². The Hall–Kier alpha value is -0.540. The van der Waals surface area contributed by atoms with Gasteiger partial charge in [-0.3, -0.25) is 0 Å². The Kier molecular flexibility index (Phi) is 4.02. The number of benzene rings is 1. The number of hydrogen-bond acceptors (Lipinski definition) is 2. The quantitative estimate of drug-likeness (QED) is 0.908. The minimum atomic E-state index is -0.221. The zero-order chi connectivity index (χ0) is 13.3. The van der Waals surface area contributed by atoms with Crippen LogP contribution in [0.2, 0.25) is 0 Å². The van der Waals surface area contributed by atoms with Gasteiger partial charge in [0.1, 0.15) is 11.9 Å². The van der Waals surface area contributed by atoms with Crippen LogP contribution < -0.4 is 4.74 Å². The SMILES string of the molecule is CCC1(CC)C(O)CC1Oc1ccc(C)cc1Br. The molecule has 2 unspecified atom stereocenters.